The van der Waals surface area contributed by atoms with Gasteiger partial charge < -0.3 is 4.74 Å². The fraction of sp³-hybridized carbons (Fsp3) is 0.214. The number of pyridine rings is 1. The Kier molecular flexibility index (Phi) is 2.91. The summed E-state index contributed by atoms with van der Waals surface area (Å²) in [6, 6.07) is 10.0. The molecule has 0 aliphatic rings. The predicted octanol–water partition coefficient (Wildman–Crippen LogP) is 3.50. The maximum absolute atomic E-state index is 5.55. The molecule has 0 spiro atoms. The molecule has 0 aliphatic heterocycles. The van der Waals surface area contributed by atoms with Gasteiger partial charge in [-0.3, -0.25) is 0 Å². The molecule has 0 amide bonds. The first-order valence-corrected chi connectivity index (χ1v) is 5.30. The summed E-state index contributed by atoms with van der Waals surface area (Å²) in [4.78, 5) is 4.44. The third kappa shape index (κ3) is 2.22. The van der Waals surface area contributed by atoms with Crippen molar-refractivity contribution in [3.63, 3.8) is 0 Å². The van der Waals surface area contributed by atoms with Crippen LogP contribution in [0.5, 0.6) is 5.88 Å². The minimum atomic E-state index is 0.519. The Morgan fingerprint density at radius 2 is 2.12 bits per heavy atom. The smallest absolute Gasteiger partial charge is 0.214 e. The highest BCUT2D eigenvalue weighted by molar-refractivity contribution is 5.82. The van der Waals surface area contributed by atoms with Gasteiger partial charge in [0, 0.05) is 11.5 Å². The van der Waals surface area contributed by atoms with Gasteiger partial charge in [0.1, 0.15) is 6.61 Å². The van der Waals surface area contributed by atoms with Crippen LogP contribution < -0.4 is 4.74 Å². The molecule has 1 aromatic carbocycles. The first kappa shape index (κ1) is 10.7. The Labute approximate surface area is 95.6 Å². The maximum atomic E-state index is 5.55. The summed E-state index contributed by atoms with van der Waals surface area (Å²) in [5.74, 6) is 0.666. The van der Waals surface area contributed by atoms with Crippen molar-refractivity contribution < 1.29 is 4.74 Å². The molecule has 0 radical (unpaired) electrons. The van der Waals surface area contributed by atoms with E-state index in [1.165, 1.54) is 10.9 Å². The van der Waals surface area contributed by atoms with E-state index in [1.54, 1.807) is 0 Å². The summed E-state index contributed by atoms with van der Waals surface area (Å²) in [6.07, 6.45) is 0. The van der Waals surface area contributed by atoms with Crippen LogP contribution in [0.2, 0.25) is 0 Å². The molecule has 0 saturated carbocycles. The summed E-state index contributed by atoms with van der Waals surface area (Å²) < 4.78 is 5.55. The van der Waals surface area contributed by atoms with E-state index < -0.39 is 0 Å². The normalized spacial score (nSPS) is 10.4. The van der Waals surface area contributed by atoms with Gasteiger partial charge in [0.05, 0.1) is 5.52 Å². The summed E-state index contributed by atoms with van der Waals surface area (Å²) in [5, 5.41) is 1.17. The number of hydrogen-bond donors (Lipinski definition) is 0. The zero-order chi connectivity index (χ0) is 11.5. The van der Waals surface area contributed by atoms with Crippen LogP contribution in [-0.2, 0) is 0 Å². The van der Waals surface area contributed by atoms with E-state index in [4.69, 9.17) is 4.74 Å². The third-order valence-corrected chi connectivity index (χ3v) is 2.37. The first-order chi connectivity index (χ1) is 7.66. The molecule has 0 saturated heterocycles. The van der Waals surface area contributed by atoms with Crippen LogP contribution in [0, 0.1) is 6.92 Å². The maximum Gasteiger partial charge on any atom is 0.214 e. The fourth-order valence-corrected chi connectivity index (χ4v) is 1.59. The lowest BCUT2D eigenvalue weighted by Gasteiger charge is -2.08. The van der Waals surface area contributed by atoms with E-state index >= 15 is 0 Å². The number of aryl methyl sites for hydroxylation is 1. The van der Waals surface area contributed by atoms with E-state index in [-0.39, 0.29) is 0 Å². The standard InChI is InChI=1S/C14H15NO/c1-10(2)9-16-14-8-11(3)12-6-4-5-7-13(12)15-14/h4-8H,1,9H2,2-3H3. The lowest BCUT2D eigenvalue weighted by molar-refractivity contribution is 0.340. The molecule has 0 aliphatic carbocycles. The van der Waals surface area contributed by atoms with E-state index in [9.17, 15) is 0 Å². The highest BCUT2D eigenvalue weighted by Gasteiger charge is 2.02. The molecule has 82 valence electrons. The molecule has 0 unspecified atom stereocenters. The van der Waals surface area contributed by atoms with Crippen molar-refractivity contribution in [3.05, 3.63) is 48.0 Å². The quantitative estimate of drug-likeness (QED) is 0.728. The van der Waals surface area contributed by atoms with E-state index in [0.717, 1.165) is 11.1 Å². The number of aromatic nitrogens is 1. The SMILES string of the molecule is C=C(C)COc1cc(C)c2ccccc2n1. The monoisotopic (exact) mass is 213 g/mol. The van der Waals surface area contributed by atoms with Gasteiger partial charge in [-0.25, -0.2) is 4.98 Å². The van der Waals surface area contributed by atoms with Gasteiger partial charge in [-0.2, -0.15) is 0 Å². The topological polar surface area (TPSA) is 22.1 Å². The van der Waals surface area contributed by atoms with Crippen LogP contribution in [0.1, 0.15) is 12.5 Å². The van der Waals surface area contributed by atoms with Crippen molar-refractivity contribution in [1.29, 1.82) is 0 Å². The van der Waals surface area contributed by atoms with Crippen LogP contribution in [0.15, 0.2) is 42.5 Å². The van der Waals surface area contributed by atoms with Crippen LogP contribution in [-0.4, -0.2) is 11.6 Å². The van der Waals surface area contributed by atoms with Gasteiger partial charge in [-0.05, 0) is 31.1 Å². The lowest BCUT2D eigenvalue weighted by Crippen LogP contribution is -2.00. The van der Waals surface area contributed by atoms with Crippen LogP contribution in [0.3, 0.4) is 0 Å². The Balaban J connectivity index is 2.38. The van der Waals surface area contributed by atoms with Gasteiger partial charge in [0.2, 0.25) is 5.88 Å². The second kappa shape index (κ2) is 4.35. The second-order valence-corrected chi connectivity index (χ2v) is 4.04. The van der Waals surface area contributed by atoms with Crippen molar-refractivity contribution in [1.82, 2.24) is 4.98 Å². The highest BCUT2D eigenvalue weighted by Crippen LogP contribution is 2.21. The Hall–Kier alpha value is -1.83. The first-order valence-electron chi connectivity index (χ1n) is 5.30. The van der Waals surface area contributed by atoms with Gasteiger partial charge in [0.25, 0.3) is 0 Å². The molecule has 1 heterocycles. The summed E-state index contributed by atoms with van der Waals surface area (Å²) in [6.45, 7) is 8.33. The van der Waals surface area contributed by atoms with Crippen molar-refractivity contribution in [2.75, 3.05) is 6.61 Å². The average Bonchev–Trinajstić information content (AvgIpc) is 2.26. The van der Waals surface area contributed by atoms with Crippen LogP contribution >= 0.6 is 0 Å². The average molecular weight is 213 g/mol. The van der Waals surface area contributed by atoms with Gasteiger partial charge in [-0.15, -0.1) is 0 Å². The number of fused-ring (bicyclic) bond motifs is 1. The summed E-state index contributed by atoms with van der Waals surface area (Å²) in [7, 11) is 0. The van der Waals surface area contributed by atoms with Crippen molar-refractivity contribution in [2.45, 2.75) is 13.8 Å². The predicted molar refractivity (Wildman–Crippen MR) is 66.8 cm³/mol. The minimum absolute atomic E-state index is 0.519. The Morgan fingerprint density at radius 1 is 1.38 bits per heavy atom. The molecule has 2 heteroatoms. The number of benzene rings is 1. The molecule has 16 heavy (non-hydrogen) atoms. The molecule has 1 aromatic heterocycles. The number of para-hydroxylation sites is 1. The van der Waals surface area contributed by atoms with Crippen LogP contribution in [0.4, 0.5) is 0 Å². The Morgan fingerprint density at radius 3 is 2.88 bits per heavy atom. The summed E-state index contributed by atoms with van der Waals surface area (Å²) in [5.41, 5.74) is 3.15. The van der Waals surface area contributed by atoms with Gasteiger partial charge in [-0.1, -0.05) is 24.8 Å². The molecule has 0 N–H and O–H groups in total. The summed E-state index contributed by atoms with van der Waals surface area (Å²) >= 11 is 0. The molecule has 0 fully saturated rings. The largest absolute Gasteiger partial charge is 0.473 e. The highest BCUT2D eigenvalue weighted by atomic mass is 16.5. The fourth-order valence-electron chi connectivity index (χ4n) is 1.59. The molecule has 2 aromatic rings. The zero-order valence-corrected chi connectivity index (χ0v) is 9.66. The van der Waals surface area contributed by atoms with E-state index in [1.807, 2.05) is 31.2 Å². The third-order valence-electron chi connectivity index (χ3n) is 2.37. The van der Waals surface area contributed by atoms with Crippen LogP contribution in [0.25, 0.3) is 10.9 Å². The molecule has 2 nitrogen and oxygen atoms in total. The van der Waals surface area contributed by atoms with Crippen molar-refractivity contribution in [2.24, 2.45) is 0 Å². The van der Waals surface area contributed by atoms with Crippen molar-refractivity contribution in [3.8, 4) is 5.88 Å². The zero-order valence-electron chi connectivity index (χ0n) is 9.66. The molecule has 2 rings (SSSR count). The van der Waals surface area contributed by atoms with Gasteiger partial charge >= 0.3 is 0 Å². The van der Waals surface area contributed by atoms with E-state index in [2.05, 4.69) is 24.6 Å². The molecular formula is C14H15NO. The minimum Gasteiger partial charge on any atom is -0.473 e. The molecule has 0 atom stereocenters. The van der Waals surface area contributed by atoms with Gasteiger partial charge in [0.15, 0.2) is 0 Å². The molecule has 0 bridgehead atoms. The molecular weight excluding hydrogens is 198 g/mol. The van der Waals surface area contributed by atoms with E-state index in [0.29, 0.717) is 12.5 Å². The number of hydrogen-bond acceptors (Lipinski definition) is 2. The lowest BCUT2D eigenvalue weighted by atomic mass is 10.1. The number of rotatable bonds is 3. The number of ether oxygens (including phenoxy) is 1. The number of nitrogens with zero attached hydrogens (tertiary/aromatic N) is 1. The Bertz CT molecular complexity index is 531. The second-order valence-electron chi connectivity index (χ2n) is 4.04. The van der Waals surface area contributed by atoms with Crippen molar-refractivity contribution >= 4 is 10.9 Å².